The van der Waals surface area contributed by atoms with Gasteiger partial charge in [0.15, 0.2) is 0 Å². The number of halogens is 1. The van der Waals surface area contributed by atoms with Crippen LogP contribution in [0.1, 0.15) is 0 Å². The van der Waals surface area contributed by atoms with Crippen LogP contribution < -0.4 is 63.7 Å². The van der Waals surface area contributed by atoms with E-state index < -0.39 is 31.7 Å². The third-order valence-electron chi connectivity index (χ3n) is 12.2. The van der Waals surface area contributed by atoms with Gasteiger partial charge in [-0.05, 0) is 95.3 Å². The topological polar surface area (TPSA) is 0 Å². The van der Waals surface area contributed by atoms with E-state index in [9.17, 15) is 0 Å². The fourth-order valence-electron chi connectivity index (χ4n) is 8.71. The molecule has 0 unspecified atom stereocenters. The molecule has 0 saturated carbocycles. The molecule has 78 heavy (non-hydrogen) atoms. The Kier molecular flexibility index (Phi) is 24.9. The summed E-state index contributed by atoms with van der Waals surface area (Å²) < 4.78 is 0. The Morgan fingerprint density at radius 1 is 0.115 bits per heavy atom. The zero-order valence-electron chi connectivity index (χ0n) is 43.2. The van der Waals surface area contributed by atoms with E-state index in [2.05, 4.69) is 364 Å². The first-order valence-corrected chi connectivity index (χ1v) is 31.0. The van der Waals surface area contributed by atoms with Crippen LogP contribution in [0.25, 0.3) is 0 Å². The molecule has 0 radical (unpaired) electrons. The van der Waals surface area contributed by atoms with Gasteiger partial charge in [-0.1, -0.05) is 364 Å². The number of hydrogen-bond acceptors (Lipinski definition) is 0. The Balaban J connectivity index is 0.000000149. The van der Waals surface area contributed by atoms with Gasteiger partial charge < -0.3 is 0 Å². The molecule has 0 aliphatic rings. The van der Waals surface area contributed by atoms with Crippen molar-refractivity contribution in [1.82, 2.24) is 0 Å². The first-order valence-electron chi connectivity index (χ1n) is 25.6. The van der Waals surface area contributed by atoms with E-state index in [1.54, 1.807) is 0 Å². The molecule has 0 aliphatic carbocycles. The molecule has 0 fully saturated rings. The summed E-state index contributed by atoms with van der Waals surface area (Å²) >= 11 is 0. The third-order valence-corrected chi connectivity index (χ3v) is 21.9. The quantitative estimate of drug-likeness (QED) is 0.0845. The van der Waals surface area contributed by atoms with Crippen LogP contribution in [0, 0.1) is 0 Å². The van der Waals surface area contributed by atoms with Crippen molar-refractivity contribution in [3.05, 3.63) is 364 Å². The van der Waals surface area contributed by atoms with Gasteiger partial charge in [-0.15, -0.1) is 12.4 Å². The first-order chi connectivity index (χ1) is 37.8. The largest absolute Gasteiger partial charge is 0.147 e. The normalized spacial score (nSPS) is 10.3. The van der Waals surface area contributed by atoms with Crippen LogP contribution in [0.15, 0.2) is 364 Å². The average Bonchev–Trinajstić information content (AvgIpc) is 3.51. The van der Waals surface area contributed by atoms with Gasteiger partial charge in [-0.25, -0.2) is 0 Å². The summed E-state index contributed by atoms with van der Waals surface area (Å²) in [7, 11) is -1.78. The summed E-state index contributed by atoms with van der Waals surface area (Å²) in [4.78, 5) is 0. The molecule has 386 valence electrons. The van der Waals surface area contributed by atoms with Gasteiger partial charge in [-0.2, -0.15) is 0 Å². The molecule has 12 aromatic carbocycles. The van der Waals surface area contributed by atoms with Crippen LogP contribution in [-0.2, 0) is 20.4 Å². The number of hydrogen-bond donors (Lipinski definition) is 0. The minimum atomic E-state index is -0.446. The Bertz CT molecular complexity index is 2580. The summed E-state index contributed by atoms with van der Waals surface area (Å²) in [6.45, 7) is 0. The zero-order valence-corrected chi connectivity index (χ0v) is 49.1. The van der Waals surface area contributed by atoms with E-state index in [1.807, 2.05) is 0 Å². The molecule has 0 amide bonds. The molecule has 0 aromatic heterocycles. The van der Waals surface area contributed by atoms with E-state index in [0.717, 1.165) is 0 Å². The predicted octanol–water partition coefficient (Wildman–Crippen LogP) is 14.2. The fourth-order valence-corrected chi connectivity index (χ4v) is 17.9. The molecule has 12 rings (SSSR count). The van der Waals surface area contributed by atoms with Crippen molar-refractivity contribution < 1.29 is 20.4 Å². The van der Waals surface area contributed by atoms with Crippen molar-refractivity contribution in [2.45, 2.75) is 0 Å². The van der Waals surface area contributed by atoms with Crippen LogP contribution in [0.4, 0.5) is 0 Å². The molecule has 0 aliphatic heterocycles. The Morgan fingerprint density at radius 2 is 0.179 bits per heavy atom. The Labute approximate surface area is 488 Å². The van der Waals surface area contributed by atoms with Gasteiger partial charge >= 0.3 is 0 Å². The molecule has 0 saturated heterocycles. The van der Waals surface area contributed by atoms with Gasteiger partial charge in [0.2, 0.25) is 0 Å². The second-order valence-electron chi connectivity index (χ2n) is 17.4. The second kappa shape index (κ2) is 32.9. The summed E-state index contributed by atoms with van der Waals surface area (Å²) in [6, 6.07) is 129. The van der Waals surface area contributed by atoms with Crippen molar-refractivity contribution in [2.75, 3.05) is 0 Å². The summed E-state index contributed by atoms with van der Waals surface area (Å²) in [5, 5.41) is 16.8. The predicted molar refractivity (Wildman–Crippen MR) is 348 cm³/mol. The van der Waals surface area contributed by atoms with Crippen LogP contribution in [-0.4, -0.2) is 0 Å². The minimum absolute atomic E-state index is 0. The Hall–Kier alpha value is -6.69. The monoisotopic (exact) mass is 1190 g/mol. The summed E-state index contributed by atoms with van der Waals surface area (Å²) in [5.41, 5.74) is 0. The number of rotatable bonds is 12. The summed E-state index contributed by atoms with van der Waals surface area (Å²) in [5.74, 6) is 0. The third kappa shape index (κ3) is 17.2. The van der Waals surface area contributed by atoms with Crippen LogP contribution in [0.2, 0.25) is 0 Å². The van der Waals surface area contributed by atoms with Gasteiger partial charge in [-0.3, -0.25) is 0 Å². The molecule has 0 heterocycles. The first kappa shape index (κ1) is 59.0. The van der Waals surface area contributed by atoms with Crippen LogP contribution in [0.3, 0.4) is 0 Å². The summed E-state index contributed by atoms with van der Waals surface area (Å²) in [6.07, 6.45) is 0. The molecular weight excluding hydrogens is 1130 g/mol. The fraction of sp³-hybridized carbons (Fsp3) is 0. The van der Waals surface area contributed by atoms with E-state index in [0.29, 0.717) is 0 Å². The van der Waals surface area contributed by atoms with E-state index in [-0.39, 0.29) is 32.8 Å². The van der Waals surface area contributed by atoms with Crippen molar-refractivity contribution in [3.63, 3.8) is 0 Å². The molecule has 12 aromatic rings. The molecule has 0 nitrogen and oxygen atoms in total. The van der Waals surface area contributed by atoms with Gasteiger partial charge in [0, 0.05) is 20.4 Å². The Morgan fingerprint density at radius 3 is 0.244 bits per heavy atom. The number of benzene rings is 12. The van der Waals surface area contributed by atoms with Crippen molar-refractivity contribution in [2.24, 2.45) is 0 Å². The van der Waals surface area contributed by atoms with Gasteiger partial charge in [0.25, 0.3) is 0 Å². The second-order valence-corrected chi connectivity index (χ2v) is 26.2. The molecule has 0 atom stereocenters. The molecule has 0 N–H and O–H groups in total. The van der Waals surface area contributed by atoms with Gasteiger partial charge in [0.1, 0.15) is 0 Å². The zero-order chi connectivity index (χ0) is 51.7. The maximum absolute atomic E-state index is 2.23. The van der Waals surface area contributed by atoms with E-state index in [1.165, 1.54) is 63.7 Å². The van der Waals surface area contributed by atoms with Crippen LogP contribution >= 0.6 is 44.1 Å². The minimum Gasteiger partial charge on any atom is -0.147 e. The average molecular weight is 1190 g/mol. The SMILES string of the molecule is Cl.[Pd].c1ccc(P(c2ccccc2)c2ccccc2)cc1.c1ccc(P(c2ccccc2)c2ccccc2)cc1.c1ccc(P(c2ccccc2)c2ccccc2)cc1.c1ccc(P(c2ccccc2)c2ccccc2)cc1. The standard InChI is InChI=1S/4C18H15P.ClH.Pd/c4*1-4-10-16(11-5-1)19(17-12-6-2-7-13-17)18-14-8-3-9-15-18;;/h4*1-15H;1H;. The molecular formula is C72H61ClP4Pd. The van der Waals surface area contributed by atoms with Crippen LogP contribution in [0.5, 0.6) is 0 Å². The molecule has 0 spiro atoms. The van der Waals surface area contributed by atoms with Crippen molar-refractivity contribution >= 4 is 108 Å². The van der Waals surface area contributed by atoms with Crippen molar-refractivity contribution in [1.29, 1.82) is 0 Å². The maximum Gasteiger partial charge on any atom is 0 e. The smallest absolute Gasteiger partial charge is 0 e. The van der Waals surface area contributed by atoms with Crippen molar-refractivity contribution in [3.8, 4) is 0 Å². The van der Waals surface area contributed by atoms with Gasteiger partial charge in [0.05, 0.1) is 0 Å². The maximum atomic E-state index is 2.23. The van der Waals surface area contributed by atoms with E-state index >= 15 is 0 Å². The molecule has 0 bridgehead atoms. The van der Waals surface area contributed by atoms with E-state index in [4.69, 9.17) is 0 Å². The molecule has 6 heteroatoms.